The van der Waals surface area contributed by atoms with Gasteiger partial charge in [-0.25, -0.2) is 4.39 Å². The van der Waals surface area contributed by atoms with Crippen LogP contribution in [0.3, 0.4) is 0 Å². The van der Waals surface area contributed by atoms with Gasteiger partial charge in [-0.1, -0.05) is 45.2 Å². The van der Waals surface area contributed by atoms with Crippen LogP contribution in [0.25, 0.3) is 6.08 Å². The summed E-state index contributed by atoms with van der Waals surface area (Å²) in [6, 6.07) is 9.35. The van der Waals surface area contributed by atoms with Crippen LogP contribution in [-0.2, 0) is 4.79 Å². The minimum Gasteiger partial charge on any atom is -0.330 e. The summed E-state index contributed by atoms with van der Waals surface area (Å²) >= 11 is 19.9. The van der Waals surface area contributed by atoms with Crippen LogP contribution in [0.1, 0.15) is 5.56 Å². The first-order valence-electron chi connectivity index (χ1n) is 6.55. The highest BCUT2D eigenvalue weighted by Crippen LogP contribution is 2.22. The molecule has 0 aliphatic heterocycles. The highest BCUT2D eigenvalue weighted by Gasteiger charge is 2.06. The highest BCUT2D eigenvalue weighted by molar-refractivity contribution is 9.10. The SMILES string of the molecule is O=C(/C=C/c1ccc(Cl)cc1Cl)NC(=S)Nc1ccc(Br)cc1F. The van der Waals surface area contributed by atoms with E-state index in [0.717, 1.165) is 0 Å². The van der Waals surface area contributed by atoms with E-state index in [0.29, 0.717) is 20.1 Å². The number of rotatable bonds is 3. The zero-order valence-corrected chi connectivity index (χ0v) is 15.9. The van der Waals surface area contributed by atoms with Gasteiger partial charge in [0.05, 0.1) is 5.69 Å². The summed E-state index contributed by atoms with van der Waals surface area (Å²) in [5.74, 6) is -0.972. The Labute approximate surface area is 162 Å². The number of thiocarbonyl (C=S) groups is 1. The highest BCUT2D eigenvalue weighted by atomic mass is 79.9. The van der Waals surface area contributed by atoms with Gasteiger partial charge in [0.1, 0.15) is 5.82 Å². The molecular formula is C16H10BrCl2FN2OS. The Morgan fingerprint density at radius 1 is 1.21 bits per heavy atom. The van der Waals surface area contributed by atoms with Gasteiger partial charge in [0.2, 0.25) is 5.91 Å². The molecular weight excluding hydrogens is 438 g/mol. The van der Waals surface area contributed by atoms with Crippen molar-refractivity contribution in [1.29, 1.82) is 0 Å². The summed E-state index contributed by atoms with van der Waals surface area (Å²) < 4.78 is 14.3. The van der Waals surface area contributed by atoms with Crippen molar-refractivity contribution in [2.24, 2.45) is 0 Å². The van der Waals surface area contributed by atoms with Crippen molar-refractivity contribution < 1.29 is 9.18 Å². The zero-order valence-electron chi connectivity index (χ0n) is 11.9. The van der Waals surface area contributed by atoms with Crippen molar-refractivity contribution >= 4 is 74.1 Å². The van der Waals surface area contributed by atoms with E-state index in [9.17, 15) is 9.18 Å². The first-order chi connectivity index (χ1) is 11.3. The van der Waals surface area contributed by atoms with Gasteiger partial charge in [-0.05, 0) is 54.2 Å². The van der Waals surface area contributed by atoms with Crippen molar-refractivity contribution in [3.05, 3.63) is 68.4 Å². The molecule has 0 fully saturated rings. The van der Waals surface area contributed by atoms with Crippen molar-refractivity contribution in [2.75, 3.05) is 5.32 Å². The second kappa shape index (κ2) is 8.58. The molecule has 3 nitrogen and oxygen atoms in total. The van der Waals surface area contributed by atoms with E-state index in [1.54, 1.807) is 24.3 Å². The summed E-state index contributed by atoms with van der Waals surface area (Å²) in [6.45, 7) is 0. The molecule has 0 aliphatic rings. The lowest BCUT2D eigenvalue weighted by molar-refractivity contribution is -0.115. The number of amides is 1. The molecule has 0 spiro atoms. The van der Waals surface area contributed by atoms with E-state index in [2.05, 4.69) is 26.6 Å². The number of hydrogen-bond acceptors (Lipinski definition) is 2. The summed E-state index contributed by atoms with van der Waals surface area (Å²) in [7, 11) is 0. The van der Waals surface area contributed by atoms with Gasteiger partial charge in [-0.2, -0.15) is 0 Å². The Hall–Kier alpha value is -1.47. The Morgan fingerprint density at radius 3 is 2.62 bits per heavy atom. The van der Waals surface area contributed by atoms with Crippen molar-refractivity contribution in [2.45, 2.75) is 0 Å². The Morgan fingerprint density at radius 2 is 1.96 bits per heavy atom. The molecule has 2 aromatic carbocycles. The molecule has 0 unspecified atom stereocenters. The van der Waals surface area contributed by atoms with Crippen molar-refractivity contribution in [3.63, 3.8) is 0 Å². The smallest absolute Gasteiger partial charge is 0.250 e. The van der Waals surface area contributed by atoms with Gasteiger partial charge in [-0.3, -0.25) is 10.1 Å². The second-order valence-corrected chi connectivity index (χ2v) is 6.73. The first kappa shape index (κ1) is 18.9. The van der Waals surface area contributed by atoms with E-state index >= 15 is 0 Å². The van der Waals surface area contributed by atoms with Crippen LogP contribution in [0.4, 0.5) is 10.1 Å². The minimum atomic E-state index is -0.496. The van der Waals surface area contributed by atoms with Crippen molar-refractivity contribution in [1.82, 2.24) is 5.32 Å². The van der Waals surface area contributed by atoms with Gasteiger partial charge in [0.15, 0.2) is 5.11 Å². The summed E-state index contributed by atoms with van der Waals surface area (Å²) in [4.78, 5) is 11.8. The van der Waals surface area contributed by atoms with E-state index in [4.69, 9.17) is 35.4 Å². The molecule has 24 heavy (non-hydrogen) atoms. The number of benzene rings is 2. The van der Waals surface area contributed by atoms with E-state index in [1.165, 1.54) is 24.3 Å². The van der Waals surface area contributed by atoms with E-state index < -0.39 is 11.7 Å². The van der Waals surface area contributed by atoms with Gasteiger partial charge < -0.3 is 5.32 Å². The molecule has 1 amide bonds. The van der Waals surface area contributed by atoms with Gasteiger partial charge in [0.25, 0.3) is 0 Å². The van der Waals surface area contributed by atoms with Gasteiger partial charge in [0, 0.05) is 20.6 Å². The monoisotopic (exact) mass is 446 g/mol. The maximum Gasteiger partial charge on any atom is 0.250 e. The molecule has 0 radical (unpaired) electrons. The molecule has 0 aromatic heterocycles. The lowest BCUT2D eigenvalue weighted by Gasteiger charge is -2.09. The molecule has 0 heterocycles. The van der Waals surface area contributed by atoms with Crippen LogP contribution in [0, 0.1) is 5.82 Å². The maximum atomic E-state index is 13.7. The number of carbonyl (C=O) groups excluding carboxylic acids is 1. The molecule has 124 valence electrons. The lowest BCUT2D eigenvalue weighted by atomic mass is 10.2. The molecule has 0 atom stereocenters. The molecule has 0 saturated carbocycles. The van der Waals surface area contributed by atoms with Crippen LogP contribution >= 0.6 is 51.3 Å². The quantitative estimate of drug-likeness (QED) is 0.487. The predicted octanol–water partition coefficient (Wildman–Crippen LogP) is 5.42. The second-order valence-electron chi connectivity index (χ2n) is 4.57. The van der Waals surface area contributed by atoms with Crippen LogP contribution in [-0.4, -0.2) is 11.0 Å². The Balaban J connectivity index is 1.96. The number of hydrogen-bond donors (Lipinski definition) is 2. The fourth-order valence-electron chi connectivity index (χ4n) is 1.70. The molecule has 2 rings (SSSR count). The first-order valence-corrected chi connectivity index (χ1v) is 8.51. The predicted molar refractivity (Wildman–Crippen MR) is 104 cm³/mol. The van der Waals surface area contributed by atoms with Crippen LogP contribution in [0.5, 0.6) is 0 Å². The fraction of sp³-hybridized carbons (Fsp3) is 0. The van der Waals surface area contributed by atoms with E-state index in [1.807, 2.05) is 0 Å². The molecule has 8 heteroatoms. The minimum absolute atomic E-state index is 0.0203. The summed E-state index contributed by atoms with van der Waals surface area (Å²) in [6.07, 6.45) is 2.79. The largest absolute Gasteiger partial charge is 0.330 e. The number of nitrogens with one attached hydrogen (secondary N) is 2. The van der Waals surface area contributed by atoms with Crippen LogP contribution in [0.2, 0.25) is 10.0 Å². The average Bonchev–Trinajstić information content (AvgIpc) is 2.49. The fourth-order valence-corrected chi connectivity index (χ4v) is 2.72. The molecule has 2 N–H and O–H groups in total. The van der Waals surface area contributed by atoms with Crippen LogP contribution < -0.4 is 10.6 Å². The zero-order chi connectivity index (χ0) is 17.7. The average molecular weight is 448 g/mol. The normalized spacial score (nSPS) is 10.7. The molecule has 2 aromatic rings. The Kier molecular flexibility index (Phi) is 6.74. The summed E-state index contributed by atoms with van der Waals surface area (Å²) in [5, 5.41) is 5.93. The standard InChI is InChI=1S/C16H10BrCl2FN2OS/c17-10-3-5-14(13(20)7-10)21-16(24)22-15(23)6-2-9-1-4-11(18)8-12(9)19/h1-8H,(H2,21,22,23,24)/b6-2+. The molecule has 0 bridgehead atoms. The maximum absolute atomic E-state index is 13.7. The van der Waals surface area contributed by atoms with Gasteiger partial charge >= 0.3 is 0 Å². The third-order valence-corrected chi connectivity index (χ3v) is 4.05. The number of carbonyl (C=O) groups is 1. The topological polar surface area (TPSA) is 41.1 Å². The van der Waals surface area contributed by atoms with Gasteiger partial charge in [-0.15, -0.1) is 0 Å². The van der Waals surface area contributed by atoms with E-state index in [-0.39, 0.29) is 10.8 Å². The number of anilines is 1. The molecule has 0 aliphatic carbocycles. The van der Waals surface area contributed by atoms with Crippen molar-refractivity contribution in [3.8, 4) is 0 Å². The van der Waals surface area contributed by atoms with Crippen LogP contribution in [0.15, 0.2) is 46.9 Å². The number of halogens is 4. The lowest BCUT2D eigenvalue weighted by Crippen LogP contribution is -2.33. The summed E-state index contributed by atoms with van der Waals surface area (Å²) in [5.41, 5.74) is 0.794. The third kappa shape index (κ3) is 5.56. The molecule has 0 saturated heterocycles. The Bertz CT molecular complexity index is 830. The third-order valence-electron chi connectivity index (χ3n) is 2.79.